The van der Waals surface area contributed by atoms with E-state index in [-0.39, 0.29) is 16.9 Å². The molecule has 1 atom stereocenters. The minimum Gasteiger partial charge on any atom is -0.310 e. The molecular formula is C16H15Cl2F2N. The predicted molar refractivity (Wildman–Crippen MR) is 82.9 cm³/mol. The quantitative estimate of drug-likeness (QED) is 0.798. The van der Waals surface area contributed by atoms with Gasteiger partial charge < -0.3 is 5.32 Å². The van der Waals surface area contributed by atoms with Crippen LogP contribution < -0.4 is 5.32 Å². The summed E-state index contributed by atoms with van der Waals surface area (Å²) in [7, 11) is 0. The van der Waals surface area contributed by atoms with Crippen LogP contribution in [0.2, 0.25) is 10.0 Å². The zero-order valence-electron chi connectivity index (χ0n) is 11.5. The Morgan fingerprint density at radius 1 is 1.05 bits per heavy atom. The molecule has 0 bridgehead atoms. The fraction of sp³-hybridized carbons (Fsp3) is 0.250. The van der Waals surface area contributed by atoms with Crippen LogP contribution in [0.5, 0.6) is 0 Å². The smallest absolute Gasteiger partial charge is 0.142 e. The van der Waals surface area contributed by atoms with Crippen LogP contribution >= 0.6 is 23.2 Å². The molecular weight excluding hydrogens is 315 g/mol. The van der Waals surface area contributed by atoms with Gasteiger partial charge in [0.2, 0.25) is 0 Å². The zero-order valence-corrected chi connectivity index (χ0v) is 13.0. The summed E-state index contributed by atoms with van der Waals surface area (Å²) in [5.41, 5.74) is 1.12. The van der Waals surface area contributed by atoms with Crippen LogP contribution in [0.1, 0.15) is 24.1 Å². The van der Waals surface area contributed by atoms with Gasteiger partial charge in [-0.15, -0.1) is 0 Å². The fourth-order valence-corrected chi connectivity index (χ4v) is 2.68. The van der Waals surface area contributed by atoms with Crippen LogP contribution in [-0.4, -0.2) is 6.54 Å². The minimum absolute atomic E-state index is 0.0719. The molecule has 0 saturated heterocycles. The summed E-state index contributed by atoms with van der Waals surface area (Å²) >= 11 is 11.8. The van der Waals surface area contributed by atoms with Gasteiger partial charge in [0.1, 0.15) is 11.6 Å². The second-order valence-corrected chi connectivity index (χ2v) is 5.51. The molecule has 0 radical (unpaired) electrons. The Balaban J connectivity index is 2.33. The average molecular weight is 330 g/mol. The van der Waals surface area contributed by atoms with Gasteiger partial charge in [-0.25, -0.2) is 8.78 Å². The molecule has 0 aliphatic rings. The molecule has 0 aromatic heterocycles. The third-order valence-corrected chi connectivity index (χ3v) is 3.86. The first-order valence-corrected chi connectivity index (χ1v) is 7.39. The van der Waals surface area contributed by atoms with Crippen molar-refractivity contribution in [1.29, 1.82) is 0 Å². The van der Waals surface area contributed by atoms with Crippen molar-refractivity contribution in [3.05, 3.63) is 69.2 Å². The zero-order chi connectivity index (χ0) is 15.4. The third-order valence-electron chi connectivity index (χ3n) is 3.22. The van der Waals surface area contributed by atoms with E-state index in [1.54, 1.807) is 18.2 Å². The van der Waals surface area contributed by atoms with Gasteiger partial charge in [0.05, 0.1) is 5.02 Å². The van der Waals surface area contributed by atoms with E-state index in [9.17, 15) is 8.78 Å². The molecule has 1 N–H and O–H groups in total. The maximum atomic E-state index is 14.1. The molecule has 0 saturated carbocycles. The maximum Gasteiger partial charge on any atom is 0.142 e. The normalized spacial score (nSPS) is 12.4. The van der Waals surface area contributed by atoms with E-state index in [0.29, 0.717) is 23.6 Å². The van der Waals surface area contributed by atoms with E-state index in [1.807, 2.05) is 6.92 Å². The van der Waals surface area contributed by atoms with Gasteiger partial charge in [0.25, 0.3) is 0 Å². The lowest BCUT2D eigenvalue weighted by Gasteiger charge is -2.20. The third kappa shape index (κ3) is 3.94. The second-order valence-electron chi connectivity index (χ2n) is 4.70. The van der Waals surface area contributed by atoms with Crippen molar-refractivity contribution in [3.8, 4) is 0 Å². The monoisotopic (exact) mass is 329 g/mol. The molecule has 2 aromatic rings. The van der Waals surface area contributed by atoms with Gasteiger partial charge in [-0.05, 0) is 42.8 Å². The van der Waals surface area contributed by atoms with Gasteiger partial charge in [-0.2, -0.15) is 0 Å². The first-order valence-electron chi connectivity index (χ1n) is 6.64. The van der Waals surface area contributed by atoms with Crippen molar-refractivity contribution in [2.24, 2.45) is 0 Å². The molecule has 112 valence electrons. The highest BCUT2D eigenvalue weighted by atomic mass is 35.5. The lowest BCUT2D eigenvalue weighted by molar-refractivity contribution is 0.509. The number of hydrogen-bond donors (Lipinski definition) is 1. The summed E-state index contributed by atoms with van der Waals surface area (Å²) in [6.07, 6.45) is 0.419. The lowest BCUT2D eigenvalue weighted by Crippen LogP contribution is -2.24. The van der Waals surface area contributed by atoms with Crippen molar-refractivity contribution in [1.82, 2.24) is 5.32 Å². The Hall–Kier alpha value is -1.16. The maximum absolute atomic E-state index is 14.1. The van der Waals surface area contributed by atoms with Gasteiger partial charge >= 0.3 is 0 Å². The predicted octanol–water partition coefficient (Wildman–Crippen LogP) is 5.16. The molecule has 2 rings (SSSR count). The molecule has 0 aliphatic heterocycles. The Morgan fingerprint density at radius 3 is 2.43 bits per heavy atom. The van der Waals surface area contributed by atoms with Crippen LogP contribution in [0.15, 0.2) is 36.4 Å². The second kappa shape index (κ2) is 7.21. The topological polar surface area (TPSA) is 12.0 Å². The van der Waals surface area contributed by atoms with Crippen LogP contribution in [0.25, 0.3) is 0 Å². The van der Waals surface area contributed by atoms with Crippen LogP contribution in [0, 0.1) is 11.6 Å². The molecule has 1 nitrogen and oxygen atoms in total. The summed E-state index contributed by atoms with van der Waals surface area (Å²) in [6.45, 7) is 2.57. The molecule has 21 heavy (non-hydrogen) atoms. The molecule has 0 fully saturated rings. The number of benzene rings is 2. The van der Waals surface area contributed by atoms with Gasteiger partial charge in [0.15, 0.2) is 0 Å². The largest absolute Gasteiger partial charge is 0.310 e. The average Bonchev–Trinajstić information content (AvgIpc) is 2.43. The summed E-state index contributed by atoms with van der Waals surface area (Å²) in [4.78, 5) is 0. The Bertz CT molecular complexity index is 611. The standard InChI is InChI=1S/C16H15Cl2F2N/c1-2-21-15(16-12(18)4-3-5-13(16)19)9-10-6-7-11(17)14(20)8-10/h3-8,15,21H,2,9H2,1H3. The molecule has 1 unspecified atom stereocenters. The fourth-order valence-electron chi connectivity index (χ4n) is 2.27. The number of nitrogens with one attached hydrogen (secondary N) is 1. The first kappa shape index (κ1) is 16.2. The summed E-state index contributed by atoms with van der Waals surface area (Å²) in [5.74, 6) is -0.855. The van der Waals surface area contributed by atoms with Crippen LogP contribution in [0.4, 0.5) is 8.78 Å². The molecule has 0 spiro atoms. The van der Waals surface area contributed by atoms with Crippen molar-refractivity contribution < 1.29 is 8.78 Å². The van der Waals surface area contributed by atoms with Gasteiger partial charge in [-0.3, -0.25) is 0 Å². The Morgan fingerprint density at radius 2 is 1.81 bits per heavy atom. The van der Waals surface area contributed by atoms with E-state index < -0.39 is 5.82 Å². The van der Waals surface area contributed by atoms with E-state index in [4.69, 9.17) is 23.2 Å². The van der Waals surface area contributed by atoms with Gasteiger partial charge in [0, 0.05) is 16.6 Å². The molecule has 0 aliphatic carbocycles. The number of hydrogen-bond acceptors (Lipinski definition) is 1. The molecule has 0 heterocycles. The van der Waals surface area contributed by atoms with E-state index >= 15 is 0 Å². The van der Waals surface area contributed by atoms with Crippen LogP contribution in [-0.2, 0) is 6.42 Å². The lowest BCUT2D eigenvalue weighted by atomic mass is 9.98. The summed E-state index contributed by atoms with van der Waals surface area (Å²) in [5, 5.41) is 3.61. The molecule has 0 amide bonds. The Kier molecular flexibility index (Phi) is 5.57. The number of halogens is 4. The number of likely N-dealkylation sites (N-methyl/N-ethyl adjacent to an activating group) is 1. The van der Waals surface area contributed by atoms with E-state index in [0.717, 1.165) is 5.56 Å². The number of rotatable bonds is 5. The van der Waals surface area contributed by atoms with Crippen molar-refractivity contribution >= 4 is 23.2 Å². The van der Waals surface area contributed by atoms with Gasteiger partial charge in [-0.1, -0.05) is 42.3 Å². The van der Waals surface area contributed by atoms with E-state index in [1.165, 1.54) is 18.2 Å². The van der Waals surface area contributed by atoms with Crippen LogP contribution in [0.3, 0.4) is 0 Å². The van der Waals surface area contributed by atoms with E-state index in [2.05, 4.69) is 5.32 Å². The summed E-state index contributed by atoms with van der Waals surface area (Å²) in [6, 6.07) is 8.83. The highest BCUT2D eigenvalue weighted by Crippen LogP contribution is 2.29. The molecule has 2 aromatic carbocycles. The Labute approximate surface area is 132 Å². The minimum atomic E-state index is -0.482. The highest BCUT2D eigenvalue weighted by molar-refractivity contribution is 6.31. The molecule has 5 heteroatoms. The van der Waals surface area contributed by atoms with Crippen molar-refractivity contribution in [2.75, 3.05) is 6.54 Å². The van der Waals surface area contributed by atoms with Crippen molar-refractivity contribution in [3.63, 3.8) is 0 Å². The first-order chi connectivity index (χ1) is 10.0. The van der Waals surface area contributed by atoms with Crippen molar-refractivity contribution in [2.45, 2.75) is 19.4 Å². The SMILES string of the molecule is CCNC(Cc1ccc(Cl)c(F)c1)c1c(F)cccc1Cl. The highest BCUT2D eigenvalue weighted by Gasteiger charge is 2.19. The summed E-state index contributed by atoms with van der Waals surface area (Å²) < 4.78 is 27.6.